The topological polar surface area (TPSA) is 46.5 Å². The lowest BCUT2D eigenvalue weighted by Gasteiger charge is -2.02. The molecular formula is C9H8BrNO2S. The zero-order valence-corrected chi connectivity index (χ0v) is 9.68. The van der Waals surface area contributed by atoms with Crippen LogP contribution in [-0.4, -0.2) is 15.9 Å². The van der Waals surface area contributed by atoms with Gasteiger partial charge in [-0.25, -0.2) is 4.21 Å². The summed E-state index contributed by atoms with van der Waals surface area (Å²) in [7, 11) is -2.46. The molecule has 0 aromatic heterocycles. The molecule has 1 heterocycles. The van der Waals surface area contributed by atoms with Crippen LogP contribution >= 0.6 is 15.9 Å². The molecule has 1 aliphatic heterocycles. The predicted molar refractivity (Wildman–Crippen MR) is 57.5 cm³/mol. The van der Waals surface area contributed by atoms with Gasteiger partial charge in [-0.3, -0.25) is 4.79 Å². The standard InChI is InChI=1S/C9H8BrNO2S/c10-7-2-1-3-8(6-7)14(13)5-4-9(12)11-14/h1-3,6H,4-5H2. The molecule has 5 heteroatoms. The molecule has 0 spiro atoms. The van der Waals surface area contributed by atoms with Crippen LogP contribution in [0.15, 0.2) is 38.0 Å². The Kier molecular flexibility index (Phi) is 2.45. The minimum Gasteiger partial charge on any atom is -0.272 e. The Morgan fingerprint density at radius 2 is 2.21 bits per heavy atom. The number of nitrogens with zero attached hydrogens (tertiary/aromatic N) is 1. The minimum absolute atomic E-state index is 0.255. The summed E-state index contributed by atoms with van der Waals surface area (Å²) in [4.78, 5) is 11.6. The molecule has 0 saturated heterocycles. The second-order valence-electron chi connectivity index (χ2n) is 3.04. The molecule has 14 heavy (non-hydrogen) atoms. The van der Waals surface area contributed by atoms with E-state index in [2.05, 4.69) is 20.3 Å². The van der Waals surface area contributed by atoms with Crippen LogP contribution in [0.1, 0.15) is 6.42 Å². The summed E-state index contributed by atoms with van der Waals surface area (Å²) in [5.74, 6) is 0.0948. The Labute approximate surface area is 90.8 Å². The summed E-state index contributed by atoms with van der Waals surface area (Å²) in [5, 5.41) is 0. The molecule has 0 radical (unpaired) electrons. The van der Waals surface area contributed by atoms with Crippen LogP contribution in [0.2, 0.25) is 0 Å². The van der Waals surface area contributed by atoms with Gasteiger partial charge in [0.2, 0.25) is 0 Å². The highest BCUT2D eigenvalue weighted by atomic mass is 79.9. The first-order valence-electron chi connectivity index (χ1n) is 4.13. The first-order valence-corrected chi connectivity index (χ1v) is 6.61. The number of halogens is 1. The number of carbonyl (C=O) groups is 1. The van der Waals surface area contributed by atoms with Gasteiger partial charge in [0, 0.05) is 21.5 Å². The molecular weight excluding hydrogens is 266 g/mol. The van der Waals surface area contributed by atoms with E-state index in [1.165, 1.54) is 0 Å². The summed E-state index contributed by atoms with van der Waals surface area (Å²) in [6.07, 6.45) is 0.297. The van der Waals surface area contributed by atoms with Crippen molar-refractivity contribution in [2.24, 2.45) is 4.36 Å². The number of amides is 1. The van der Waals surface area contributed by atoms with Gasteiger partial charge < -0.3 is 0 Å². The molecule has 1 amide bonds. The third-order valence-electron chi connectivity index (χ3n) is 2.01. The van der Waals surface area contributed by atoms with Crippen molar-refractivity contribution in [1.29, 1.82) is 0 Å². The average Bonchev–Trinajstić information content (AvgIpc) is 2.48. The van der Waals surface area contributed by atoms with Gasteiger partial charge in [0.05, 0.1) is 9.73 Å². The SMILES string of the molecule is O=C1CCS(=O)(c2cccc(Br)c2)=N1. The first-order chi connectivity index (χ1) is 6.60. The summed E-state index contributed by atoms with van der Waals surface area (Å²) in [5.41, 5.74) is 0. The van der Waals surface area contributed by atoms with Crippen molar-refractivity contribution >= 4 is 31.6 Å². The van der Waals surface area contributed by atoms with Crippen LogP contribution in [0.3, 0.4) is 0 Å². The molecule has 0 aliphatic carbocycles. The number of rotatable bonds is 1. The quantitative estimate of drug-likeness (QED) is 0.788. The predicted octanol–water partition coefficient (Wildman–Crippen LogP) is 2.21. The lowest BCUT2D eigenvalue weighted by Crippen LogP contribution is -2.00. The molecule has 74 valence electrons. The van der Waals surface area contributed by atoms with E-state index in [-0.39, 0.29) is 5.91 Å². The lowest BCUT2D eigenvalue weighted by molar-refractivity contribution is -0.116. The van der Waals surface area contributed by atoms with Gasteiger partial charge in [0.25, 0.3) is 5.91 Å². The summed E-state index contributed by atoms with van der Waals surface area (Å²) >= 11 is 3.30. The van der Waals surface area contributed by atoms with Crippen molar-refractivity contribution in [1.82, 2.24) is 0 Å². The molecule has 0 saturated carbocycles. The van der Waals surface area contributed by atoms with Gasteiger partial charge in [0.1, 0.15) is 0 Å². The lowest BCUT2D eigenvalue weighted by atomic mass is 10.4. The molecule has 1 aliphatic rings. The fraction of sp³-hybridized carbons (Fsp3) is 0.222. The van der Waals surface area contributed by atoms with Crippen LogP contribution in [0.25, 0.3) is 0 Å². The van der Waals surface area contributed by atoms with E-state index in [9.17, 15) is 9.00 Å². The fourth-order valence-electron chi connectivity index (χ4n) is 1.32. The van der Waals surface area contributed by atoms with Crippen molar-refractivity contribution in [2.45, 2.75) is 11.3 Å². The van der Waals surface area contributed by atoms with Gasteiger partial charge in [-0.1, -0.05) is 22.0 Å². The normalized spacial score (nSPS) is 26.2. The van der Waals surface area contributed by atoms with Crippen LogP contribution < -0.4 is 0 Å². The molecule has 2 rings (SSSR count). The maximum Gasteiger partial charge on any atom is 0.255 e. The van der Waals surface area contributed by atoms with E-state index in [0.29, 0.717) is 17.1 Å². The van der Waals surface area contributed by atoms with E-state index in [1.807, 2.05) is 6.07 Å². The van der Waals surface area contributed by atoms with Crippen LogP contribution in [0, 0.1) is 0 Å². The smallest absolute Gasteiger partial charge is 0.255 e. The fourth-order valence-corrected chi connectivity index (χ4v) is 3.77. The van der Waals surface area contributed by atoms with Crippen molar-refractivity contribution in [3.8, 4) is 0 Å². The molecule has 1 unspecified atom stereocenters. The second-order valence-corrected chi connectivity index (χ2v) is 6.30. The summed E-state index contributed by atoms with van der Waals surface area (Å²) in [6, 6.07) is 7.15. The number of carbonyl (C=O) groups excluding carboxylic acids is 1. The zero-order chi connectivity index (χ0) is 10.2. The molecule has 0 bridgehead atoms. The van der Waals surface area contributed by atoms with Gasteiger partial charge >= 0.3 is 0 Å². The third kappa shape index (κ3) is 1.74. The number of benzene rings is 1. The Morgan fingerprint density at radius 1 is 1.43 bits per heavy atom. The van der Waals surface area contributed by atoms with Crippen molar-refractivity contribution in [2.75, 3.05) is 5.75 Å². The summed E-state index contributed by atoms with van der Waals surface area (Å²) in [6.45, 7) is 0. The molecule has 0 fully saturated rings. The van der Waals surface area contributed by atoms with Gasteiger partial charge in [-0.15, -0.1) is 0 Å². The van der Waals surface area contributed by atoms with Crippen LogP contribution in [-0.2, 0) is 14.5 Å². The molecule has 1 atom stereocenters. The minimum atomic E-state index is -2.46. The first kappa shape index (κ1) is 9.86. The highest BCUT2D eigenvalue weighted by Crippen LogP contribution is 2.23. The van der Waals surface area contributed by atoms with Crippen molar-refractivity contribution in [3.05, 3.63) is 28.7 Å². The van der Waals surface area contributed by atoms with E-state index in [4.69, 9.17) is 0 Å². The summed E-state index contributed by atoms with van der Waals surface area (Å²) < 4.78 is 16.7. The Morgan fingerprint density at radius 3 is 2.79 bits per heavy atom. The van der Waals surface area contributed by atoms with Gasteiger partial charge in [-0.2, -0.15) is 4.36 Å². The monoisotopic (exact) mass is 273 g/mol. The van der Waals surface area contributed by atoms with Crippen molar-refractivity contribution < 1.29 is 9.00 Å². The Bertz CT molecular complexity index is 503. The molecule has 3 nitrogen and oxygen atoms in total. The second kappa shape index (κ2) is 3.47. The van der Waals surface area contributed by atoms with E-state index >= 15 is 0 Å². The Hall–Kier alpha value is -0.680. The Balaban J connectivity index is 2.56. The van der Waals surface area contributed by atoms with Gasteiger partial charge in [0.15, 0.2) is 0 Å². The molecule has 1 aromatic carbocycles. The highest BCUT2D eigenvalue weighted by molar-refractivity contribution is 9.10. The largest absolute Gasteiger partial charge is 0.272 e. The van der Waals surface area contributed by atoms with E-state index in [0.717, 1.165) is 4.47 Å². The third-order valence-corrected chi connectivity index (χ3v) is 4.75. The average molecular weight is 274 g/mol. The zero-order valence-electron chi connectivity index (χ0n) is 7.27. The molecule has 1 aromatic rings. The van der Waals surface area contributed by atoms with Crippen LogP contribution in [0.4, 0.5) is 0 Å². The van der Waals surface area contributed by atoms with Crippen LogP contribution in [0.5, 0.6) is 0 Å². The number of hydrogen-bond acceptors (Lipinski definition) is 2. The van der Waals surface area contributed by atoms with E-state index in [1.54, 1.807) is 18.2 Å². The molecule has 0 N–H and O–H groups in total. The van der Waals surface area contributed by atoms with Gasteiger partial charge in [-0.05, 0) is 18.2 Å². The maximum absolute atomic E-state index is 12.1. The maximum atomic E-state index is 12.1. The highest BCUT2D eigenvalue weighted by Gasteiger charge is 2.22. The number of hydrogen-bond donors (Lipinski definition) is 0. The van der Waals surface area contributed by atoms with E-state index < -0.39 is 9.73 Å². The van der Waals surface area contributed by atoms with Crippen molar-refractivity contribution in [3.63, 3.8) is 0 Å².